The first kappa shape index (κ1) is 19.3. The summed E-state index contributed by atoms with van der Waals surface area (Å²) in [6.45, 7) is 2.43. The van der Waals surface area contributed by atoms with Crippen LogP contribution in [0.25, 0.3) is 0 Å². The molecule has 0 aliphatic heterocycles. The Bertz CT molecular complexity index is 961. The first-order valence-corrected chi connectivity index (χ1v) is 8.83. The lowest BCUT2D eigenvalue weighted by Gasteiger charge is -2.12. The van der Waals surface area contributed by atoms with Gasteiger partial charge in [-0.15, -0.1) is 0 Å². The summed E-state index contributed by atoms with van der Waals surface area (Å²) >= 11 is 0. The van der Waals surface area contributed by atoms with Gasteiger partial charge in [0, 0.05) is 12.6 Å². The van der Waals surface area contributed by atoms with E-state index in [2.05, 4.69) is 20.6 Å². The number of nitrogens with zero attached hydrogens (tertiary/aromatic N) is 2. The Morgan fingerprint density at radius 2 is 1.79 bits per heavy atom. The molecule has 0 fully saturated rings. The molecule has 0 atom stereocenters. The highest BCUT2D eigenvalue weighted by Gasteiger charge is 2.12. The Morgan fingerprint density at radius 1 is 1.07 bits per heavy atom. The smallest absolute Gasteiger partial charge is 0.339 e. The molecular formula is C21H21FN4O2. The molecule has 6 nitrogen and oxygen atoms in total. The van der Waals surface area contributed by atoms with E-state index in [-0.39, 0.29) is 5.82 Å². The molecule has 2 N–H and O–H groups in total. The molecule has 0 amide bonds. The average molecular weight is 380 g/mol. The minimum absolute atomic E-state index is 0.244. The van der Waals surface area contributed by atoms with Gasteiger partial charge in [0.15, 0.2) is 0 Å². The zero-order valence-electron chi connectivity index (χ0n) is 15.7. The summed E-state index contributed by atoms with van der Waals surface area (Å²) in [7, 11) is 1.34. The third-order valence-electron chi connectivity index (χ3n) is 4.07. The van der Waals surface area contributed by atoms with Gasteiger partial charge in [0.1, 0.15) is 23.3 Å². The summed E-state index contributed by atoms with van der Waals surface area (Å²) < 4.78 is 17.8. The second-order valence-electron chi connectivity index (χ2n) is 6.15. The largest absolute Gasteiger partial charge is 0.465 e. The van der Waals surface area contributed by atoms with Crippen LogP contribution < -0.4 is 10.6 Å². The van der Waals surface area contributed by atoms with Crippen molar-refractivity contribution < 1.29 is 13.9 Å². The SMILES string of the molecule is COC(=O)c1ccccc1Nc1cc(NCCc2ccc(F)cc2)nc(C)n1. The molecule has 0 spiro atoms. The van der Waals surface area contributed by atoms with E-state index < -0.39 is 5.97 Å². The van der Waals surface area contributed by atoms with Crippen molar-refractivity contribution in [1.29, 1.82) is 0 Å². The Kier molecular flexibility index (Phi) is 6.16. The maximum Gasteiger partial charge on any atom is 0.339 e. The summed E-state index contributed by atoms with van der Waals surface area (Å²) in [6, 6.07) is 15.3. The minimum Gasteiger partial charge on any atom is -0.465 e. The van der Waals surface area contributed by atoms with Gasteiger partial charge < -0.3 is 15.4 Å². The number of carbonyl (C=O) groups is 1. The molecule has 28 heavy (non-hydrogen) atoms. The van der Waals surface area contributed by atoms with Crippen molar-refractivity contribution in [2.45, 2.75) is 13.3 Å². The number of carbonyl (C=O) groups excluding carboxylic acids is 1. The monoisotopic (exact) mass is 380 g/mol. The van der Waals surface area contributed by atoms with Crippen LogP contribution in [0.1, 0.15) is 21.7 Å². The van der Waals surface area contributed by atoms with Crippen LogP contribution in [0.15, 0.2) is 54.6 Å². The first-order valence-electron chi connectivity index (χ1n) is 8.83. The lowest BCUT2D eigenvalue weighted by Crippen LogP contribution is -2.09. The second kappa shape index (κ2) is 8.94. The number of esters is 1. The van der Waals surface area contributed by atoms with Crippen molar-refractivity contribution >= 4 is 23.3 Å². The fourth-order valence-electron chi connectivity index (χ4n) is 2.73. The maximum absolute atomic E-state index is 13.0. The van der Waals surface area contributed by atoms with Gasteiger partial charge in [-0.2, -0.15) is 0 Å². The normalized spacial score (nSPS) is 10.4. The van der Waals surface area contributed by atoms with Crippen molar-refractivity contribution in [2.24, 2.45) is 0 Å². The maximum atomic E-state index is 13.0. The Balaban J connectivity index is 1.70. The number of methoxy groups -OCH3 is 1. The Morgan fingerprint density at radius 3 is 2.54 bits per heavy atom. The number of hydrogen-bond donors (Lipinski definition) is 2. The molecule has 0 unspecified atom stereocenters. The van der Waals surface area contributed by atoms with Crippen molar-refractivity contribution in [3.8, 4) is 0 Å². The number of benzene rings is 2. The number of rotatable bonds is 7. The predicted molar refractivity (Wildman–Crippen MR) is 106 cm³/mol. The number of halogens is 1. The molecular weight excluding hydrogens is 359 g/mol. The molecule has 0 saturated heterocycles. The van der Waals surface area contributed by atoms with Gasteiger partial charge in [0.2, 0.25) is 0 Å². The van der Waals surface area contributed by atoms with Crippen molar-refractivity contribution in [3.05, 3.63) is 77.4 Å². The number of aromatic nitrogens is 2. The van der Waals surface area contributed by atoms with Gasteiger partial charge in [0.05, 0.1) is 18.4 Å². The van der Waals surface area contributed by atoms with Crippen LogP contribution in [0.2, 0.25) is 0 Å². The van der Waals surface area contributed by atoms with Crippen LogP contribution in [0.4, 0.5) is 21.7 Å². The highest BCUT2D eigenvalue weighted by molar-refractivity contribution is 5.96. The lowest BCUT2D eigenvalue weighted by atomic mass is 10.1. The molecule has 0 aliphatic carbocycles. The molecule has 0 saturated carbocycles. The van der Waals surface area contributed by atoms with Crippen molar-refractivity contribution in [3.63, 3.8) is 0 Å². The molecule has 2 aromatic carbocycles. The van der Waals surface area contributed by atoms with Gasteiger partial charge in [-0.3, -0.25) is 0 Å². The minimum atomic E-state index is -0.425. The van der Waals surface area contributed by atoms with Crippen LogP contribution >= 0.6 is 0 Å². The molecule has 3 aromatic rings. The van der Waals surface area contributed by atoms with E-state index in [1.54, 1.807) is 43.3 Å². The number of hydrogen-bond acceptors (Lipinski definition) is 6. The molecule has 144 valence electrons. The number of para-hydroxylation sites is 1. The van der Waals surface area contributed by atoms with E-state index in [0.29, 0.717) is 35.3 Å². The van der Waals surface area contributed by atoms with Gasteiger partial charge in [-0.05, 0) is 43.2 Å². The van der Waals surface area contributed by atoms with Crippen molar-refractivity contribution in [1.82, 2.24) is 9.97 Å². The third kappa shape index (κ3) is 5.03. The zero-order valence-corrected chi connectivity index (χ0v) is 15.7. The fourth-order valence-corrected chi connectivity index (χ4v) is 2.73. The summed E-state index contributed by atoms with van der Waals surface area (Å²) in [6.07, 6.45) is 0.733. The van der Waals surface area contributed by atoms with E-state index in [1.165, 1.54) is 19.2 Å². The highest BCUT2D eigenvalue weighted by atomic mass is 19.1. The van der Waals surface area contributed by atoms with Crippen LogP contribution in [0.3, 0.4) is 0 Å². The van der Waals surface area contributed by atoms with Crippen LogP contribution in [-0.4, -0.2) is 29.6 Å². The molecule has 0 radical (unpaired) electrons. The topological polar surface area (TPSA) is 76.1 Å². The molecule has 1 heterocycles. The van der Waals surface area contributed by atoms with Crippen molar-refractivity contribution in [2.75, 3.05) is 24.3 Å². The molecule has 0 aliphatic rings. The Labute approximate surface area is 162 Å². The molecule has 0 bridgehead atoms. The van der Waals surface area contributed by atoms with Crippen LogP contribution in [0.5, 0.6) is 0 Å². The quantitative estimate of drug-likeness (QED) is 0.601. The van der Waals surface area contributed by atoms with E-state index in [4.69, 9.17) is 4.74 Å². The molecule has 1 aromatic heterocycles. The number of nitrogens with one attached hydrogen (secondary N) is 2. The van der Waals surface area contributed by atoms with Crippen LogP contribution in [-0.2, 0) is 11.2 Å². The zero-order chi connectivity index (χ0) is 19.9. The van der Waals surface area contributed by atoms with Crippen LogP contribution in [0, 0.1) is 12.7 Å². The number of ether oxygens (including phenoxy) is 1. The summed E-state index contributed by atoms with van der Waals surface area (Å²) in [5, 5.41) is 6.40. The number of aryl methyl sites for hydroxylation is 1. The summed E-state index contributed by atoms with van der Waals surface area (Å²) in [5.41, 5.74) is 2.06. The third-order valence-corrected chi connectivity index (χ3v) is 4.07. The standard InChI is InChI=1S/C21H21FN4O2/c1-14-24-19(23-12-11-15-7-9-16(22)10-8-15)13-20(25-14)26-18-6-4-3-5-17(18)21(27)28-2/h3-10,13H,11-12H2,1-2H3,(H2,23,24,25,26). The van der Waals surface area contributed by atoms with Gasteiger partial charge in [0.25, 0.3) is 0 Å². The van der Waals surface area contributed by atoms with E-state index in [0.717, 1.165) is 12.0 Å². The molecule has 3 rings (SSSR count). The van der Waals surface area contributed by atoms with E-state index >= 15 is 0 Å². The van der Waals surface area contributed by atoms with E-state index in [9.17, 15) is 9.18 Å². The second-order valence-corrected chi connectivity index (χ2v) is 6.15. The van der Waals surface area contributed by atoms with E-state index in [1.807, 2.05) is 6.07 Å². The molecule has 7 heteroatoms. The van der Waals surface area contributed by atoms with Gasteiger partial charge in [-0.1, -0.05) is 24.3 Å². The summed E-state index contributed by atoms with van der Waals surface area (Å²) in [4.78, 5) is 20.7. The van der Waals surface area contributed by atoms with Gasteiger partial charge >= 0.3 is 5.97 Å². The lowest BCUT2D eigenvalue weighted by molar-refractivity contribution is 0.0602. The number of anilines is 3. The summed E-state index contributed by atoms with van der Waals surface area (Å²) in [5.74, 6) is 1.14. The fraction of sp³-hybridized carbons (Fsp3) is 0.190. The van der Waals surface area contributed by atoms with Gasteiger partial charge in [-0.25, -0.2) is 19.2 Å². The predicted octanol–water partition coefficient (Wildman–Crippen LogP) is 4.11. The highest BCUT2D eigenvalue weighted by Crippen LogP contribution is 2.22. The Hall–Kier alpha value is -3.48. The first-order chi connectivity index (χ1) is 13.5. The average Bonchev–Trinajstić information content (AvgIpc) is 2.69.